The summed E-state index contributed by atoms with van der Waals surface area (Å²) in [5.41, 5.74) is 7.07. The Morgan fingerprint density at radius 3 is 1.13 bits per heavy atom. The Hall–Kier alpha value is -4.40. The van der Waals surface area contributed by atoms with E-state index in [2.05, 4.69) is 50.5 Å². The second-order valence-electron chi connectivity index (χ2n) is 18.7. The summed E-state index contributed by atoms with van der Waals surface area (Å²) >= 11 is 0. The van der Waals surface area contributed by atoms with E-state index in [0.29, 0.717) is 94.1 Å². The predicted octanol–water partition coefficient (Wildman–Crippen LogP) is 2.85. The highest BCUT2D eigenvalue weighted by molar-refractivity contribution is 5.69. The van der Waals surface area contributed by atoms with E-state index in [1.807, 2.05) is 24.3 Å². The number of carbonyl (C=O) groups excluding carboxylic acids is 2. The van der Waals surface area contributed by atoms with Gasteiger partial charge in [0.15, 0.2) is 46.0 Å². The van der Waals surface area contributed by atoms with Gasteiger partial charge in [-0.15, -0.1) is 0 Å². The number of ether oxygens (including phenoxy) is 10. The molecule has 0 bridgehead atoms. The fourth-order valence-electron chi connectivity index (χ4n) is 10.3. The quantitative estimate of drug-likeness (QED) is 0.0398. The number of fused-ring (bicyclic) bond motifs is 2. The smallest absolute Gasteiger partial charge is 0.311 e. The molecular weight excluding hydrogens is 1130 g/mol. The maximum Gasteiger partial charge on any atom is 0.311 e. The zero-order valence-corrected chi connectivity index (χ0v) is 47.8. The van der Waals surface area contributed by atoms with Gasteiger partial charge in [0.2, 0.25) is 0 Å². The van der Waals surface area contributed by atoms with Crippen LogP contribution in [0.2, 0.25) is 0 Å². The van der Waals surface area contributed by atoms with Crippen molar-refractivity contribution in [1.29, 1.82) is 0 Å². The Balaban J connectivity index is 0.00000548. The van der Waals surface area contributed by atoms with Gasteiger partial charge in [-0.2, -0.15) is 0 Å². The number of unbranched alkanes of at least 4 members (excludes halogenated alkanes) is 4. The molecule has 2 heterocycles. The maximum absolute atomic E-state index is 13.2. The summed E-state index contributed by atoms with van der Waals surface area (Å²) in [5, 5.41) is 0. The summed E-state index contributed by atoms with van der Waals surface area (Å²) in [6.07, 6.45) is 8.22. The number of hydrogen-bond donors (Lipinski definition) is 0. The lowest BCUT2D eigenvalue weighted by Crippen LogP contribution is -3.00. The zero-order valence-electron chi connectivity index (χ0n) is 43.5. The number of carbonyl (C=O) groups is 2. The third kappa shape index (κ3) is 14.9. The molecule has 1 unspecified atom stereocenters. The first-order valence-corrected chi connectivity index (χ1v) is 24.3. The second kappa shape index (κ2) is 28.2. The normalized spacial score (nSPS) is 18.8. The van der Waals surface area contributed by atoms with Gasteiger partial charge in [0.05, 0.1) is 123 Å². The highest BCUT2D eigenvalue weighted by Gasteiger charge is 2.42. The standard InChI is InChI=1S/C55H76N2O12.2HI/c1-56(24-20-40-34-50(64-7)52(66-9)36-42(40)44(56)30-38-16-18-46(60-3)48(32-38)62-5)26-22-54(58)68-28-14-12-11-13-15-29-69-55(59)23-27-57(2)25-21-41-35-51(65-8)53(67-10)37-43(41)45(57)31-39-17-19-47(61-4)49(33-39)63-6;;/h16-19,32-37,44-45H,11-15,20-31H2,1-10H3;2*1H/q+2;;/p-2/t44-,45+,56+,57?;;/m1../s1. The summed E-state index contributed by atoms with van der Waals surface area (Å²) in [7, 11) is 17.7. The van der Waals surface area contributed by atoms with Crippen molar-refractivity contribution in [2.45, 2.75) is 82.7 Å². The molecule has 0 spiro atoms. The first kappa shape index (κ1) is 59.2. The Labute approximate surface area is 456 Å². The van der Waals surface area contributed by atoms with Crippen LogP contribution in [0.25, 0.3) is 0 Å². The van der Waals surface area contributed by atoms with E-state index in [1.54, 1.807) is 56.9 Å². The van der Waals surface area contributed by atoms with Crippen molar-refractivity contribution < 1.29 is 114 Å². The number of nitrogens with zero attached hydrogens (tertiary/aromatic N) is 2. The fraction of sp³-hybridized carbons (Fsp3) is 0.527. The maximum atomic E-state index is 13.2. The minimum atomic E-state index is -0.179. The van der Waals surface area contributed by atoms with Gasteiger partial charge in [0.1, 0.15) is 12.1 Å². The van der Waals surface area contributed by atoms with Gasteiger partial charge in [-0.25, -0.2) is 0 Å². The lowest BCUT2D eigenvalue weighted by atomic mass is 9.86. The van der Waals surface area contributed by atoms with Crippen molar-refractivity contribution in [3.63, 3.8) is 0 Å². The van der Waals surface area contributed by atoms with Crippen LogP contribution in [0, 0.1) is 0 Å². The molecule has 392 valence electrons. The molecule has 71 heavy (non-hydrogen) atoms. The van der Waals surface area contributed by atoms with Gasteiger partial charge < -0.3 is 104 Å². The summed E-state index contributed by atoms with van der Waals surface area (Å²) < 4.78 is 57.9. The van der Waals surface area contributed by atoms with Crippen molar-refractivity contribution in [1.82, 2.24) is 0 Å². The molecule has 14 nitrogen and oxygen atoms in total. The monoisotopic (exact) mass is 1210 g/mol. The molecule has 4 aromatic rings. The van der Waals surface area contributed by atoms with Crippen LogP contribution in [0.1, 0.15) is 90.4 Å². The first-order chi connectivity index (χ1) is 33.4. The van der Waals surface area contributed by atoms with E-state index >= 15 is 0 Å². The van der Waals surface area contributed by atoms with Gasteiger partial charge in [0, 0.05) is 36.8 Å². The lowest BCUT2D eigenvalue weighted by Gasteiger charge is -2.46. The van der Waals surface area contributed by atoms with E-state index in [-0.39, 0.29) is 72.0 Å². The fourth-order valence-corrected chi connectivity index (χ4v) is 10.3. The van der Waals surface area contributed by atoms with Crippen LogP contribution in [-0.2, 0) is 44.7 Å². The van der Waals surface area contributed by atoms with Crippen LogP contribution in [0.3, 0.4) is 0 Å². The molecule has 2 aliphatic heterocycles. The van der Waals surface area contributed by atoms with Crippen LogP contribution in [-0.4, -0.2) is 131 Å². The first-order valence-electron chi connectivity index (χ1n) is 24.3. The molecule has 4 aromatic carbocycles. The minimum Gasteiger partial charge on any atom is -1.00 e. The summed E-state index contributed by atoms with van der Waals surface area (Å²) in [6.45, 7) is 3.79. The topological polar surface area (TPSA) is 126 Å². The van der Waals surface area contributed by atoms with E-state index < -0.39 is 0 Å². The zero-order chi connectivity index (χ0) is 49.6. The summed E-state index contributed by atoms with van der Waals surface area (Å²) in [4.78, 5) is 26.3. The number of rotatable bonds is 26. The lowest BCUT2D eigenvalue weighted by molar-refractivity contribution is -0.940. The van der Waals surface area contributed by atoms with Crippen LogP contribution >= 0.6 is 0 Å². The highest BCUT2D eigenvalue weighted by Crippen LogP contribution is 2.45. The third-order valence-corrected chi connectivity index (χ3v) is 14.5. The number of hydrogen-bond acceptors (Lipinski definition) is 12. The van der Waals surface area contributed by atoms with Gasteiger partial charge in [-0.05, 0) is 83.6 Å². The minimum absolute atomic E-state index is 0. The number of methoxy groups -OCH3 is 8. The van der Waals surface area contributed by atoms with Crippen LogP contribution in [0.15, 0.2) is 60.7 Å². The SMILES string of the molecule is COc1ccc(C[C@@H]2c3cc(OC)c(OC)cc3CC[N@@+]2(C)CCC(=O)OCCCCCCCOC(=O)CC[N+]2(C)CCc3cc(OC)c(OC)cc3[C@@H]2Cc2ccc(OC)c(OC)c2)cc1OC.[I-].[I-]. The molecule has 6 rings (SSSR count). The number of halogens is 2. The summed E-state index contributed by atoms with van der Waals surface area (Å²) in [6, 6.07) is 20.6. The average Bonchev–Trinajstić information content (AvgIpc) is 3.37. The number of quaternary nitrogens is 2. The molecule has 0 amide bonds. The molecule has 0 saturated heterocycles. The Kier molecular flexibility index (Phi) is 23.5. The molecule has 2 aliphatic rings. The van der Waals surface area contributed by atoms with E-state index in [9.17, 15) is 9.59 Å². The van der Waals surface area contributed by atoms with Crippen molar-refractivity contribution in [3.05, 3.63) is 94.0 Å². The third-order valence-electron chi connectivity index (χ3n) is 14.5. The van der Waals surface area contributed by atoms with Gasteiger partial charge in [0.25, 0.3) is 0 Å². The number of benzene rings is 4. The molecular formula is C55H76I2N2O12. The molecule has 0 radical (unpaired) electrons. The molecule has 4 atom stereocenters. The predicted molar refractivity (Wildman–Crippen MR) is 265 cm³/mol. The van der Waals surface area contributed by atoms with Gasteiger partial charge >= 0.3 is 11.9 Å². The molecule has 0 saturated carbocycles. The average molecular weight is 1210 g/mol. The molecule has 0 N–H and O–H groups in total. The Morgan fingerprint density at radius 2 is 0.775 bits per heavy atom. The van der Waals surface area contributed by atoms with Gasteiger partial charge in [-0.3, -0.25) is 9.59 Å². The van der Waals surface area contributed by atoms with Crippen molar-refractivity contribution >= 4 is 11.9 Å². The molecule has 16 heteroatoms. The Bertz CT molecular complexity index is 2210. The molecule has 0 fully saturated rings. The molecule has 0 aliphatic carbocycles. The van der Waals surface area contributed by atoms with E-state index in [4.69, 9.17) is 47.4 Å². The largest absolute Gasteiger partial charge is 1.00 e. The van der Waals surface area contributed by atoms with Gasteiger partial charge in [-0.1, -0.05) is 31.4 Å². The number of esters is 2. The highest BCUT2D eigenvalue weighted by atomic mass is 127. The van der Waals surface area contributed by atoms with Crippen LogP contribution in [0.5, 0.6) is 46.0 Å². The summed E-state index contributed by atoms with van der Waals surface area (Å²) in [5.74, 6) is 5.19. The van der Waals surface area contributed by atoms with E-state index in [1.165, 1.54) is 22.3 Å². The van der Waals surface area contributed by atoms with Crippen LogP contribution in [0.4, 0.5) is 0 Å². The van der Waals surface area contributed by atoms with E-state index in [0.717, 1.165) is 82.0 Å². The van der Waals surface area contributed by atoms with Crippen molar-refractivity contribution in [2.75, 3.05) is 110 Å². The second-order valence-corrected chi connectivity index (χ2v) is 18.7. The molecule has 0 aromatic heterocycles. The number of likely N-dealkylation sites (N-methyl/N-ethyl adjacent to an activating group) is 2. The van der Waals surface area contributed by atoms with Crippen LogP contribution < -0.4 is 85.8 Å². The van der Waals surface area contributed by atoms with Crippen molar-refractivity contribution in [2.24, 2.45) is 0 Å². The van der Waals surface area contributed by atoms with Crippen molar-refractivity contribution in [3.8, 4) is 46.0 Å². The Morgan fingerprint density at radius 1 is 0.451 bits per heavy atom.